The molecule has 2 N–H and O–H groups in total. The molecule has 0 bridgehead atoms. The zero-order valence-corrected chi connectivity index (χ0v) is 15.7. The normalized spacial score (nSPS) is 18.7. The molecule has 26 heavy (non-hydrogen) atoms. The third-order valence-corrected chi connectivity index (χ3v) is 6.11. The van der Waals surface area contributed by atoms with E-state index in [-0.39, 0.29) is 17.7 Å². The average Bonchev–Trinajstić information content (AvgIpc) is 2.89. The number of sulfonamides is 1. The van der Waals surface area contributed by atoms with Crippen molar-refractivity contribution in [3.05, 3.63) is 36.3 Å². The lowest BCUT2D eigenvalue weighted by atomic mass is 10.1. The largest absolute Gasteiger partial charge is 0.314 e. The number of aromatic nitrogens is 2. The average molecular weight is 375 g/mol. The van der Waals surface area contributed by atoms with Crippen molar-refractivity contribution in [3.8, 4) is 11.1 Å². The summed E-state index contributed by atoms with van der Waals surface area (Å²) >= 11 is 0. The molecule has 2 aromatic rings. The Labute approximate surface area is 152 Å². The number of rotatable bonds is 4. The van der Waals surface area contributed by atoms with Crippen molar-refractivity contribution in [3.63, 3.8) is 0 Å². The Morgan fingerprint density at radius 3 is 2.69 bits per heavy atom. The van der Waals surface area contributed by atoms with Crippen LogP contribution in [0.15, 0.2) is 30.6 Å². The second kappa shape index (κ2) is 7.00. The van der Waals surface area contributed by atoms with E-state index in [0.29, 0.717) is 23.7 Å². The highest BCUT2D eigenvalue weighted by molar-refractivity contribution is 7.93. The first-order chi connectivity index (χ1) is 12.3. The summed E-state index contributed by atoms with van der Waals surface area (Å²) < 4.78 is 26.4. The van der Waals surface area contributed by atoms with Gasteiger partial charge in [0.25, 0.3) is 0 Å². The van der Waals surface area contributed by atoms with Crippen molar-refractivity contribution in [1.82, 2.24) is 15.3 Å². The molecule has 0 aliphatic carbocycles. The Hall–Kier alpha value is -2.52. The minimum absolute atomic E-state index is 0.0646. The number of nitrogens with one attached hydrogen (secondary N) is 2. The van der Waals surface area contributed by atoms with E-state index in [1.54, 1.807) is 38.5 Å². The summed E-state index contributed by atoms with van der Waals surface area (Å²) in [6.07, 6.45) is 3.27. The fraction of sp³-hybridized carbons (Fsp3) is 0.353. The third-order valence-electron chi connectivity index (χ3n) is 4.27. The van der Waals surface area contributed by atoms with E-state index in [4.69, 9.17) is 0 Å². The van der Waals surface area contributed by atoms with Gasteiger partial charge in [0.15, 0.2) is 0 Å². The number of hydrogen-bond donors (Lipinski definition) is 2. The van der Waals surface area contributed by atoms with Gasteiger partial charge in [-0.3, -0.25) is 14.1 Å². The molecular weight excluding hydrogens is 354 g/mol. The fourth-order valence-electron chi connectivity index (χ4n) is 2.92. The lowest BCUT2D eigenvalue weighted by Gasteiger charge is -2.20. The van der Waals surface area contributed by atoms with Crippen LogP contribution in [-0.2, 0) is 14.8 Å². The second-order valence-corrected chi connectivity index (χ2v) is 8.17. The van der Waals surface area contributed by atoms with Crippen molar-refractivity contribution in [1.29, 1.82) is 0 Å². The van der Waals surface area contributed by atoms with Crippen LogP contribution in [0.25, 0.3) is 11.1 Å². The van der Waals surface area contributed by atoms with Gasteiger partial charge in [-0.15, -0.1) is 0 Å². The molecule has 3 heterocycles. The number of anilines is 2. The number of carbonyl (C=O) groups excluding carboxylic acids is 1. The zero-order chi connectivity index (χ0) is 18.9. The van der Waals surface area contributed by atoms with Crippen LogP contribution in [0.1, 0.15) is 12.6 Å². The van der Waals surface area contributed by atoms with Crippen molar-refractivity contribution in [2.75, 3.05) is 29.0 Å². The Kier molecular flexibility index (Phi) is 4.92. The molecule has 1 atom stereocenters. The third kappa shape index (κ3) is 3.68. The number of hydrogen-bond acceptors (Lipinski definition) is 6. The highest BCUT2D eigenvalue weighted by Crippen LogP contribution is 2.31. The smallest absolute Gasteiger partial charge is 0.236 e. The van der Waals surface area contributed by atoms with E-state index >= 15 is 0 Å². The first kappa shape index (κ1) is 18.3. The maximum absolute atomic E-state index is 12.5. The maximum atomic E-state index is 12.5. The SMILES string of the molecule is CNC1CN(c2cc(-c3ccnc(NC(C)=O)c3)cnc2C)S(=O)(=O)C1. The number of pyridine rings is 2. The molecule has 1 fully saturated rings. The van der Waals surface area contributed by atoms with E-state index in [2.05, 4.69) is 20.6 Å². The van der Waals surface area contributed by atoms with Gasteiger partial charge in [-0.1, -0.05) is 0 Å². The summed E-state index contributed by atoms with van der Waals surface area (Å²) in [5, 5.41) is 5.66. The molecule has 1 saturated heterocycles. The van der Waals surface area contributed by atoms with Crippen LogP contribution in [0.2, 0.25) is 0 Å². The number of aryl methyl sites for hydroxylation is 1. The summed E-state index contributed by atoms with van der Waals surface area (Å²) in [5.41, 5.74) is 2.75. The second-order valence-electron chi connectivity index (χ2n) is 6.23. The van der Waals surface area contributed by atoms with Gasteiger partial charge in [0.2, 0.25) is 15.9 Å². The summed E-state index contributed by atoms with van der Waals surface area (Å²) in [5.74, 6) is 0.287. The summed E-state index contributed by atoms with van der Waals surface area (Å²) in [6, 6.07) is 5.21. The van der Waals surface area contributed by atoms with Crippen LogP contribution in [0.5, 0.6) is 0 Å². The first-order valence-corrected chi connectivity index (χ1v) is 9.79. The van der Waals surface area contributed by atoms with Crippen molar-refractivity contribution < 1.29 is 13.2 Å². The fourth-order valence-corrected chi connectivity index (χ4v) is 4.78. The molecule has 1 aliphatic heterocycles. The molecule has 0 spiro atoms. The number of carbonyl (C=O) groups is 1. The minimum atomic E-state index is -3.39. The van der Waals surface area contributed by atoms with Crippen LogP contribution in [0.4, 0.5) is 11.5 Å². The van der Waals surface area contributed by atoms with Crippen LogP contribution in [-0.4, -0.2) is 49.7 Å². The Morgan fingerprint density at radius 2 is 2.04 bits per heavy atom. The Morgan fingerprint density at radius 1 is 1.27 bits per heavy atom. The molecular formula is C17H21N5O3S. The molecule has 0 saturated carbocycles. The van der Waals surface area contributed by atoms with Gasteiger partial charge in [0.05, 0.1) is 23.7 Å². The molecule has 0 aromatic carbocycles. The highest BCUT2D eigenvalue weighted by Gasteiger charge is 2.36. The predicted molar refractivity (Wildman–Crippen MR) is 100 cm³/mol. The lowest BCUT2D eigenvalue weighted by molar-refractivity contribution is -0.114. The Bertz CT molecular complexity index is 945. The van der Waals surface area contributed by atoms with E-state index in [0.717, 1.165) is 11.1 Å². The molecule has 3 rings (SSSR count). The van der Waals surface area contributed by atoms with Crippen LogP contribution in [0.3, 0.4) is 0 Å². The summed E-state index contributed by atoms with van der Waals surface area (Å²) in [6.45, 7) is 3.57. The van der Waals surface area contributed by atoms with E-state index in [9.17, 15) is 13.2 Å². The highest BCUT2D eigenvalue weighted by atomic mass is 32.2. The molecule has 138 valence electrons. The van der Waals surface area contributed by atoms with Gasteiger partial charge in [-0.05, 0) is 37.7 Å². The van der Waals surface area contributed by atoms with Gasteiger partial charge in [0.1, 0.15) is 5.82 Å². The van der Waals surface area contributed by atoms with E-state index in [1.165, 1.54) is 11.2 Å². The van der Waals surface area contributed by atoms with Gasteiger partial charge in [0, 0.05) is 30.9 Å². The first-order valence-electron chi connectivity index (χ1n) is 8.18. The van der Waals surface area contributed by atoms with Crippen LogP contribution in [0, 0.1) is 6.92 Å². The molecule has 1 aliphatic rings. The number of likely N-dealkylation sites (N-methyl/N-ethyl adjacent to an activating group) is 1. The molecule has 0 radical (unpaired) electrons. The van der Waals surface area contributed by atoms with Crippen molar-refractivity contribution in [2.45, 2.75) is 19.9 Å². The molecule has 1 amide bonds. The molecule has 8 nitrogen and oxygen atoms in total. The Balaban J connectivity index is 2.00. The van der Waals surface area contributed by atoms with E-state index in [1.807, 2.05) is 6.07 Å². The summed E-state index contributed by atoms with van der Waals surface area (Å²) in [4.78, 5) is 19.7. The standard InChI is InChI=1S/C17H21N5O3S/c1-11-16(22-9-15(18-3)10-26(22,24)25)6-14(8-20-11)13-4-5-19-17(7-13)21-12(2)23/h4-8,15,18H,9-10H2,1-3H3,(H,19,21,23). The quantitative estimate of drug-likeness (QED) is 0.831. The van der Waals surface area contributed by atoms with Crippen molar-refractivity contribution >= 4 is 27.4 Å². The van der Waals surface area contributed by atoms with E-state index < -0.39 is 10.0 Å². The molecule has 2 aromatic heterocycles. The minimum Gasteiger partial charge on any atom is -0.314 e. The van der Waals surface area contributed by atoms with Crippen LogP contribution < -0.4 is 14.9 Å². The maximum Gasteiger partial charge on any atom is 0.236 e. The number of amides is 1. The topological polar surface area (TPSA) is 104 Å². The summed E-state index contributed by atoms with van der Waals surface area (Å²) in [7, 11) is -1.63. The zero-order valence-electron chi connectivity index (χ0n) is 14.9. The molecule has 1 unspecified atom stereocenters. The predicted octanol–water partition coefficient (Wildman–Crippen LogP) is 1.15. The monoisotopic (exact) mass is 375 g/mol. The van der Waals surface area contributed by atoms with Crippen LogP contribution >= 0.6 is 0 Å². The lowest BCUT2D eigenvalue weighted by Crippen LogP contribution is -2.31. The van der Waals surface area contributed by atoms with Gasteiger partial charge < -0.3 is 10.6 Å². The molecule has 9 heteroatoms. The van der Waals surface area contributed by atoms with Crippen molar-refractivity contribution in [2.24, 2.45) is 0 Å². The van der Waals surface area contributed by atoms with Gasteiger partial charge in [-0.25, -0.2) is 13.4 Å². The number of nitrogens with zero attached hydrogens (tertiary/aromatic N) is 3. The van der Waals surface area contributed by atoms with Gasteiger partial charge in [-0.2, -0.15) is 0 Å². The van der Waals surface area contributed by atoms with Gasteiger partial charge >= 0.3 is 0 Å².